The maximum atomic E-state index is 11.8. The van der Waals surface area contributed by atoms with Crippen molar-refractivity contribution in [2.75, 3.05) is 26.9 Å². The first-order valence-electron chi connectivity index (χ1n) is 8.92. The molecule has 1 aromatic carbocycles. The Morgan fingerprint density at radius 1 is 1.00 bits per heavy atom. The molecule has 0 aliphatic carbocycles. The minimum atomic E-state index is -0.699. The highest BCUT2D eigenvalue weighted by Gasteiger charge is 2.27. The molecule has 0 saturated heterocycles. The van der Waals surface area contributed by atoms with Crippen LogP contribution < -0.4 is 19.9 Å². The fraction of sp³-hybridized carbons (Fsp3) is 0.632. The molecule has 0 aromatic heterocycles. The molecular weight excluding hydrogens is 322 g/mol. The number of methoxy groups -OCH3 is 1. The second-order valence-corrected chi connectivity index (χ2v) is 5.57. The average molecular weight is 353 g/mol. The molecule has 0 bridgehead atoms. The first-order valence-corrected chi connectivity index (χ1v) is 8.92. The topological polar surface area (TPSA) is 80.0 Å². The summed E-state index contributed by atoms with van der Waals surface area (Å²) in [5, 5.41) is 0. The number of ether oxygens (including phenoxy) is 4. The predicted octanol–water partition coefficient (Wildman–Crippen LogP) is 3.27. The fourth-order valence-corrected chi connectivity index (χ4v) is 2.83. The molecule has 0 fully saturated rings. The molecule has 2 unspecified atom stereocenters. The largest absolute Gasteiger partial charge is 0.493 e. The van der Waals surface area contributed by atoms with Gasteiger partial charge in [-0.15, -0.1) is 0 Å². The molecule has 2 atom stereocenters. The van der Waals surface area contributed by atoms with Crippen LogP contribution in [-0.4, -0.2) is 38.9 Å². The van der Waals surface area contributed by atoms with Crippen LogP contribution in [0.3, 0.4) is 0 Å². The highest BCUT2D eigenvalue weighted by atomic mass is 16.5. The van der Waals surface area contributed by atoms with Gasteiger partial charge in [-0.25, -0.2) is 0 Å². The summed E-state index contributed by atoms with van der Waals surface area (Å²) >= 11 is 0. The van der Waals surface area contributed by atoms with Gasteiger partial charge in [0.25, 0.3) is 0 Å². The molecule has 0 spiro atoms. The zero-order valence-corrected chi connectivity index (χ0v) is 16.0. The Morgan fingerprint density at radius 2 is 1.56 bits per heavy atom. The van der Waals surface area contributed by atoms with Crippen molar-refractivity contribution in [1.82, 2.24) is 0 Å². The molecule has 0 saturated carbocycles. The van der Waals surface area contributed by atoms with Crippen LogP contribution in [0.4, 0.5) is 0 Å². The maximum Gasteiger partial charge on any atom is 0.322 e. The van der Waals surface area contributed by atoms with E-state index in [0.29, 0.717) is 37.7 Å². The molecule has 2 N–H and O–H groups in total. The van der Waals surface area contributed by atoms with Crippen molar-refractivity contribution in [3.8, 4) is 17.2 Å². The van der Waals surface area contributed by atoms with Crippen LogP contribution >= 0.6 is 0 Å². The Labute approximate surface area is 150 Å². The molecule has 1 rings (SSSR count). The highest BCUT2D eigenvalue weighted by Crippen LogP contribution is 2.45. The van der Waals surface area contributed by atoms with Gasteiger partial charge in [-0.1, -0.05) is 6.92 Å². The number of carbonyl (C=O) groups excluding carboxylic acids is 1. The van der Waals surface area contributed by atoms with Gasteiger partial charge in [0.15, 0.2) is 11.5 Å². The first kappa shape index (κ1) is 21.1. The summed E-state index contributed by atoms with van der Waals surface area (Å²) in [7, 11) is 1.34. The van der Waals surface area contributed by atoms with Crippen LogP contribution in [0.5, 0.6) is 17.2 Å². The zero-order valence-electron chi connectivity index (χ0n) is 16.0. The van der Waals surface area contributed by atoms with Crippen LogP contribution in [0.15, 0.2) is 12.1 Å². The number of esters is 1. The summed E-state index contributed by atoms with van der Waals surface area (Å²) in [6.07, 6.45) is 1.22. The van der Waals surface area contributed by atoms with Crippen molar-refractivity contribution < 1.29 is 23.7 Å². The lowest BCUT2D eigenvalue weighted by Crippen LogP contribution is -2.33. The molecule has 25 heavy (non-hydrogen) atoms. The van der Waals surface area contributed by atoms with Crippen LogP contribution in [0.25, 0.3) is 0 Å². The lowest BCUT2D eigenvalue weighted by atomic mass is 9.88. The maximum absolute atomic E-state index is 11.8. The monoisotopic (exact) mass is 353 g/mol. The van der Waals surface area contributed by atoms with E-state index in [9.17, 15) is 4.79 Å². The molecule has 142 valence electrons. The van der Waals surface area contributed by atoms with Crippen molar-refractivity contribution in [2.24, 2.45) is 5.73 Å². The Morgan fingerprint density at radius 3 is 2.08 bits per heavy atom. The van der Waals surface area contributed by atoms with Crippen LogP contribution in [0, 0.1) is 0 Å². The molecule has 0 amide bonds. The highest BCUT2D eigenvalue weighted by molar-refractivity contribution is 5.75. The summed E-state index contributed by atoms with van der Waals surface area (Å²) in [6.45, 7) is 9.40. The second-order valence-electron chi connectivity index (χ2n) is 5.57. The Bertz CT molecular complexity index is 547. The number of benzene rings is 1. The summed E-state index contributed by atoms with van der Waals surface area (Å²) < 4.78 is 22.2. The van der Waals surface area contributed by atoms with Crippen molar-refractivity contribution in [2.45, 2.75) is 52.5 Å². The molecule has 6 heteroatoms. The molecule has 0 heterocycles. The van der Waals surface area contributed by atoms with E-state index in [0.717, 1.165) is 17.7 Å². The van der Waals surface area contributed by atoms with Crippen LogP contribution in [0.2, 0.25) is 0 Å². The molecule has 0 aliphatic heterocycles. The quantitative estimate of drug-likeness (QED) is 0.615. The van der Waals surface area contributed by atoms with E-state index >= 15 is 0 Å². The normalized spacial score (nSPS) is 13.0. The van der Waals surface area contributed by atoms with E-state index in [4.69, 9.17) is 24.7 Å². The Kier molecular flexibility index (Phi) is 9.13. The van der Waals surface area contributed by atoms with Crippen molar-refractivity contribution in [1.29, 1.82) is 0 Å². The minimum Gasteiger partial charge on any atom is -0.493 e. The zero-order chi connectivity index (χ0) is 18.8. The third-order valence-corrected chi connectivity index (χ3v) is 3.95. The second kappa shape index (κ2) is 10.8. The molecule has 6 nitrogen and oxygen atoms in total. The van der Waals surface area contributed by atoms with E-state index in [-0.39, 0.29) is 5.92 Å². The van der Waals surface area contributed by atoms with Crippen LogP contribution in [-0.2, 0) is 9.53 Å². The third-order valence-electron chi connectivity index (χ3n) is 3.95. The average Bonchev–Trinajstić information content (AvgIpc) is 2.62. The number of hydrogen-bond donors (Lipinski definition) is 1. The van der Waals surface area contributed by atoms with Crippen LogP contribution in [0.1, 0.15) is 52.0 Å². The Hall–Kier alpha value is -1.95. The lowest BCUT2D eigenvalue weighted by Gasteiger charge is -2.25. The first-order chi connectivity index (χ1) is 12.0. The van der Waals surface area contributed by atoms with Gasteiger partial charge in [-0.3, -0.25) is 4.79 Å². The van der Waals surface area contributed by atoms with Crippen molar-refractivity contribution >= 4 is 5.97 Å². The van der Waals surface area contributed by atoms with Gasteiger partial charge in [0.05, 0.1) is 26.9 Å². The summed E-state index contributed by atoms with van der Waals surface area (Å²) in [5.41, 5.74) is 6.90. The van der Waals surface area contributed by atoms with Gasteiger partial charge < -0.3 is 24.7 Å². The minimum absolute atomic E-state index is 0.0161. The number of rotatable bonds is 11. The smallest absolute Gasteiger partial charge is 0.322 e. The van der Waals surface area contributed by atoms with Crippen molar-refractivity contribution in [3.63, 3.8) is 0 Å². The summed E-state index contributed by atoms with van der Waals surface area (Å²) in [4.78, 5) is 11.8. The third kappa shape index (κ3) is 5.53. The lowest BCUT2D eigenvalue weighted by molar-refractivity contribution is -0.142. The predicted molar refractivity (Wildman–Crippen MR) is 97.6 cm³/mol. The standard InChI is InChI=1S/C19H31NO5/c1-6-13(12-14(20)19(21)22-5)17-15(23-7-2)10-11-16(24-8-3)18(17)25-9-4/h10-11,13-14H,6-9,12,20H2,1-5H3. The van der Waals surface area contributed by atoms with E-state index < -0.39 is 12.0 Å². The number of hydrogen-bond acceptors (Lipinski definition) is 6. The van der Waals surface area contributed by atoms with Gasteiger partial charge in [-0.2, -0.15) is 0 Å². The fourth-order valence-electron chi connectivity index (χ4n) is 2.83. The van der Waals surface area contributed by atoms with E-state index in [1.807, 2.05) is 39.8 Å². The molecule has 1 aromatic rings. The van der Waals surface area contributed by atoms with Gasteiger partial charge in [0.2, 0.25) is 0 Å². The number of carbonyl (C=O) groups is 1. The van der Waals surface area contributed by atoms with Gasteiger partial charge in [0, 0.05) is 5.56 Å². The molecule has 0 radical (unpaired) electrons. The van der Waals surface area contributed by atoms with E-state index in [1.165, 1.54) is 7.11 Å². The SMILES string of the molecule is CCOc1ccc(OCC)c(C(CC)CC(N)C(=O)OC)c1OCC. The molecular formula is C19H31NO5. The van der Waals surface area contributed by atoms with Gasteiger partial charge in [0.1, 0.15) is 11.8 Å². The van der Waals surface area contributed by atoms with Crippen molar-refractivity contribution in [3.05, 3.63) is 17.7 Å². The number of nitrogens with two attached hydrogens (primary N) is 1. The van der Waals surface area contributed by atoms with Gasteiger partial charge in [-0.05, 0) is 51.7 Å². The van der Waals surface area contributed by atoms with Gasteiger partial charge >= 0.3 is 5.97 Å². The molecule has 0 aliphatic rings. The summed E-state index contributed by atoms with van der Waals surface area (Å²) in [5.74, 6) is 1.64. The van der Waals surface area contributed by atoms with E-state index in [2.05, 4.69) is 0 Å². The Balaban J connectivity index is 3.37. The van der Waals surface area contributed by atoms with E-state index in [1.54, 1.807) is 0 Å². The summed E-state index contributed by atoms with van der Waals surface area (Å²) in [6, 6.07) is 3.05.